The van der Waals surface area contributed by atoms with Gasteiger partial charge in [-0.15, -0.1) is 0 Å². The summed E-state index contributed by atoms with van der Waals surface area (Å²) in [4.78, 5) is 5.24. The van der Waals surface area contributed by atoms with E-state index >= 15 is 0 Å². The molecule has 10 rings (SSSR count). The Balaban J connectivity index is 0.897. The van der Waals surface area contributed by atoms with Crippen LogP contribution in [0.25, 0.3) is 27.8 Å². The largest absolute Gasteiger partial charge is 0.358 e. The third-order valence-corrected chi connectivity index (χ3v) is 14.6. The maximum Gasteiger partial charge on any atom is 0.0559 e. The Labute approximate surface area is 388 Å². The monoisotopic (exact) mass is 846 g/mol. The van der Waals surface area contributed by atoms with Gasteiger partial charge in [0.05, 0.1) is 18.1 Å². The Morgan fingerprint density at radius 2 is 1.20 bits per heavy atom. The lowest BCUT2D eigenvalue weighted by molar-refractivity contribution is 0.314. The van der Waals surface area contributed by atoms with E-state index in [4.69, 9.17) is 0 Å². The van der Waals surface area contributed by atoms with E-state index in [9.17, 15) is 0 Å². The predicted octanol–water partition coefficient (Wildman–Crippen LogP) is 16.1. The molecule has 65 heavy (non-hydrogen) atoms. The highest BCUT2D eigenvalue weighted by atomic mass is 15.2. The summed E-state index contributed by atoms with van der Waals surface area (Å²) in [6.45, 7) is 7.26. The number of rotatable bonds is 11. The van der Waals surface area contributed by atoms with Crippen molar-refractivity contribution in [3.8, 4) is 22.3 Å². The Morgan fingerprint density at radius 3 is 1.80 bits per heavy atom. The number of benzene rings is 5. The quantitative estimate of drug-likeness (QED) is 0.122. The number of hydrogen-bond acceptors (Lipinski definition) is 2. The fourth-order valence-electron chi connectivity index (χ4n) is 11.1. The second-order valence-corrected chi connectivity index (χ2v) is 19.1. The highest BCUT2D eigenvalue weighted by Gasteiger charge is 2.38. The molecule has 0 heterocycles. The number of allylic oxidation sites excluding steroid dienone is 12. The van der Waals surface area contributed by atoms with Crippen LogP contribution < -0.4 is 9.80 Å². The smallest absolute Gasteiger partial charge is 0.0559 e. The fraction of sp³-hybridized carbons (Fsp3) is 0.238. The second-order valence-electron chi connectivity index (χ2n) is 19.1. The van der Waals surface area contributed by atoms with Gasteiger partial charge in [0, 0.05) is 28.4 Å². The zero-order chi connectivity index (χ0) is 44.2. The molecular formula is C63H62N2. The molecule has 5 aliphatic rings. The molecule has 0 bridgehead atoms. The van der Waals surface area contributed by atoms with Gasteiger partial charge in [-0.2, -0.15) is 0 Å². The molecule has 324 valence electrons. The molecule has 7 unspecified atom stereocenters. The van der Waals surface area contributed by atoms with Crippen LogP contribution in [0.5, 0.6) is 0 Å². The Hall–Kier alpha value is -6.64. The van der Waals surface area contributed by atoms with Crippen molar-refractivity contribution in [2.24, 2.45) is 17.3 Å². The third kappa shape index (κ3) is 9.05. The maximum atomic E-state index is 2.70. The minimum absolute atomic E-state index is 0.0667. The van der Waals surface area contributed by atoms with Crippen molar-refractivity contribution in [1.29, 1.82) is 0 Å². The molecule has 7 atom stereocenters. The number of anilines is 2. The van der Waals surface area contributed by atoms with Gasteiger partial charge >= 0.3 is 0 Å². The first-order valence-electron chi connectivity index (χ1n) is 24.1. The molecule has 0 spiro atoms. The van der Waals surface area contributed by atoms with Gasteiger partial charge in [0.25, 0.3) is 0 Å². The Morgan fingerprint density at radius 1 is 0.538 bits per heavy atom. The zero-order valence-electron chi connectivity index (χ0n) is 38.3. The van der Waals surface area contributed by atoms with E-state index in [-0.39, 0.29) is 17.5 Å². The van der Waals surface area contributed by atoms with Gasteiger partial charge in [0.2, 0.25) is 0 Å². The van der Waals surface area contributed by atoms with Gasteiger partial charge in [-0.05, 0) is 119 Å². The lowest BCUT2D eigenvalue weighted by Gasteiger charge is -2.46. The van der Waals surface area contributed by atoms with Gasteiger partial charge in [-0.1, -0.05) is 215 Å². The van der Waals surface area contributed by atoms with Crippen molar-refractivity contribution in [3.63, 3.8) is 0 Å². The lowest BCUT2D eigenvalue weighted by atomic mass is 9.68. The molecule has 0 fully saturated rings. The van der Waals surface area contributed by atoms with E-state index in [0.29, 0.717) is 23.8 Å². The van der Waals surface area contributed by atoms with Crippen LogP contribution in [0, 0.1) is 17.3 Å². The molecule has 0 aliphatic heterocycles. The summed E-state index contributed by atoms with van der Waals surface area (Å²) in [5.74, 6) is 1.17. The maximum absolute atomic E-state index is 2.70. The van der Waals surface area contributed by atoms with Crippen LogP contribution >= 0.6 is 0 Å². The van der Waals surface area contributed by atoms with E-state index < -0.39 is 0 Å². The van der Waals surface area contributed by atoms with Crippen LogP contribution in [0.4, 0.5) is 11.4 Å². The van der Waals surface area contributed by atoms with Crippen LogP contribution in [-0.4, -0.2) is 18.1 Å². The molecule has 5 aliphatic carbocycles. The molecule has 0 radical (unpaired) electrons. The van der Waals surface area contributed by atoms with Crippen molar-refractivity contribution in [2.75, 3.05) is 9.80 Å². The van der Waals surface area contributed by atoms with E-state index in [1.165, 1.54) is 61.6 Å². The first-order valence-corrected chi connectivity index (χ1v) is 24.1. The third-order valence-electron chi connectivity index (χ3n) is 14.6. The molecule has 0 amide bonds. The summed E-state index contributed by atoms with van der Waals surface area (Å²) in [5, 5.41) is 0. The highest BCUT2D eigenvalue weighted by Crippen LogP contribution is 2.45. The van der Waals surface area contributed by atoms with E-state index in [2.05, 4.69) is 255 Å². The molecule has 0 aromatic heterocycles. The number of hydrogen-bond donors (Lipinski definition) is 0. The van der Waals surface area contributed by atoms with Gasteiger partial charge in [-0.3, -0.25) is 0 Å². The SMILES string of the molecule is CC1C=C(N(c2ccc(-c3ccc(N(C4C=CC(c5ccccc5)=CC4)C4C=CC(C)(C5=CCCC=C5)CC4C)cc3)cc2)C2C=CC=CC2)C=CC1c1ccc(-c2ccccc2)cc1. The van der Waals surface area contributed by atoms with E-state index in [0.717, 1.165) is 32.1 Å². The van der Waals surface area contributed by atoms with Crippen molar-refractivity contribution in [3.05, 3.63) is 247 Å². The molecular weight excluding hydrogens is 785 g/mol. The normalized spacial score (nSPS) is 25.7. The summed E-state index contributed by atoms with van der Waals surface area (Å²) in [6, 6.07) is 50.1. The summed E-state index contributed by atoms with van der Waals surface area (Å²) in [5.41, 5.74) is 14.2. The van der Waals surface area contributed by atoms with Crippen LogP contribution in [0.1, 0.15) is 69.9 Å². The molecule has 5 aromatic rings. The summed E-state index contributed by atoms with van der Waals surface area (Å²) in [7, 11) is 0. The minimum atomic E-state index is 0.0667. The highest BCUT2D eigenvalue weighted by molar-refractivity contribution is 5.76. The van der Waals surface area contributed by atoms with Crippen molar-refractivity contribution in [1.82, 2.24) is 0 Å². The molecule has 0 saturated carbocycles. The van der Waals surface area contributed by atoms with Gasteiger partial charge < -0.3 is 9.80 Å². The first kappa shape index (κ1) is 42.3. The van der Waals surface area contributed by atoms with E-state index in [1.54, 1.807) is 0 Å². The van der Waals surface area contributed by atoms with Crippen molar-refractivity contribution in [2.45, 2.75) is 76.9 Å². The number of nitrogens with zero attached hydrogens (tertiary/aromatic N) is 2. The molecule has 2 nitrogen and oxygen atoms in total. The van der Waals surface area contributed by atoms with Crippen LogP contribution in [0.2, 0.25) is 0 Å². The average molecular weight is 847 g/mol. The average Bonchev–Trinajstić information content (AvgIpc) is 3.37. The molecule has 0 N–H and O–H groups in total. The molecule has 2 heteroatoms. The molecule has 0 saturated heterocycles. The fourth-order valence-corrected chi connectivity index (χ4v) is 11.1. The molecule has 5 aromatic carbocycles. The standard InChI is InChI=1S/C63H62N2/c1-46-44-60(40-41-61(46)54-26-24-50(25-27-54)48-16-8-4-9-17-48)64(56-22-14-7-15-23-56)57-34-28-52(29-35-57)53-32-38-59(39-33-53)65(58-36-30-51(31-37-58)49-18-10-5-11-19-49)62-42-43-63(3,45-47(62)2)55-20-12-6-13-21-55/h4-5,7-12,14-22,24-36,38-44,46-47,56,58,61-62H,6,13,23,37,45H2,1-3H3. The minimum Gasteiger partial charge on any atom is -0.358 e. The summed E-state index contributed by atoms with van der Waals surface area (Å²) >= 11 is 0. The van der Waals surface area contributed by atoms with Gasteiger partial charge in [0.15, 0.2) is 0 Å². The summed E-state index contributed by atoms with van der Waals surface area (Å²) < 4.78 is 0. The second kappa shape index (κ2) is 18.8. The zero-order valence-corrected chi connectivity index (χ0v) is 38.3. The topological polar surface area (TPSA) is 6.48 Å². The lowest BCUT2D eigenvalue weighted by Crippen LogP contribution is -2.48. The van der Waals surface area contributed by atoms with Crippen molar-refractivity contribution < 1.29 is 0 Å². The van der Waals surface area contributed by atoms with E-state index in [1.807, 2.05) is 0 Å². The Kier molecular flexibility index (Phi) is 12.3. The van der Waals surface area contributed by atoms with Gasteiger partial charge in [0.1, 0.15) is 0 Å². The van der Waals surface area contributed by atoms with Crippen LogP contribution in [-0.2, 0) is 0 Å². The van der Waals surface area contributed by atoms with Crippen LogP contribution in [0.15, 0.2) is 236 Å². The first-order chi connectivity index (χ1) is 31.9. The van der Waals surface area contributed by atoms with Crippen LogP contribution in [0.3, 0.4) is 0 Å². The predicted molar refractivity (Wildman–Crippen MR) is 278 cm³/mol. The summed E-state index contributed by atoms with van der Waals surface area (Å²) in [6.07, 6.45) is 41.1. The van der Waals surface area contributed by atoms with Crippen molar-refractivity contribution >= 4 is 16.9 Å². The Bertz CT molecular complexity index is 2720. The van der Waals surface area contributed by atoms with Gasteiger partial charge in [-0.25, -0.2) is 0 Å².